The van der Waals surface area contributed by atoms with Crippen LogP contribution in [-0.4, -0.2) is 37.2 Å². The lowest BCUT2D eigenvalue weighted by molar-refractivity contribution is 0.102. The number of nitrogens with zero attached hydrogens (tertiary/aromatic N) is 2. The second-order valence-corrected chi connectivity index (χ2v) is 8.78. The molecular weight excluding hydrogens is 446 g/mol. The van der Waals surface area contributed by atoms with E-state index >= 15 is 0 Å². The van der Waals surface area contributed by atoms with E-state index in [1.54, 1.807) is 26.7 Å². The molecule has 7 nitrogen and oxygen atoms in total. The summed E-state index contributed by atoms with van der Waals surface area (Å²) in [5, 5.41) is 5.83. The van der Waals surface area contributed by atoms with E-state index in [1.165, 1.54) is 22.7 Å². The highest BCUT2D eigenvalue weighted by atomic mass is 32.1. The maximum absolute atomic E-state index is 12.8. The predicted molar refractivity (Wildman–Crippen MR) is 127 cm³/mol. The Kier molecular flexibility index (Phi) is 6.38. The van der Waals surface area contributed by atoms with Gasteiger partial charge in [-0.05, 0) is 49.4 Å². The maximum Gasteiger partial charge on any atom is 0.276 e. The van der Waals surface area contributed by atoms with Crippen molar-refractivity contribution in [1.29, 1.82) is 0 Å². The number of methoxy groups -OCH3 is 3. The average Bonchev–Trinajstić information content (AvgIpc) is 3.45. The van der Waals surface area contributed by atoms with E-state index < -0.39 is 0 Å². The van der Waals surface area contributed by atoms with Crippen molar-refractivity contribution in [3.8, 4) is 39.1 Å². The number of benzene rings is 2. The summed E-state index contributed by atoms with van der Waals surface area (Å²) in [6.45, 7) is 1.98. The van der Waals surface area contributed by atoms with Crippen LogP contribution in [-0.2, 0) is 0 Å². The Bertz CT molecular complexity index is 1250. The molecule has 2 heterocycles. The highest BCUT2D eigenvalue weighted by Crippen LogP contribution is 2.34. The van der Waals surface area contributed by atoms with Gasteiger partial charge in [-0.2, -0.15) is 0 Å². The van der Waals surface area contributed by atoms with E-state index in [1.807, 2.05) is 49.4 Å². The van der Waals surface area contributed by atoms with Crippen molar-refractivity contribution in [3.05, 3.63) is 58.4 Å². The first kappa shape index (κ1) is 21.8. The third-order valence-electron chi connectivity index (χ3n) is 4.75. The molecule has 0 spiro atoms. The normalized spacial score (nSPS) is 10.6. The Labute approximate surface area is 193 Å². The van der Waals surface area contributed by atoms with Crippen molar-refractivity contribution in [3.63, 3.8) is 0 Å². The summed E-state index contributed by atoms with van der Waals surface area (Å²) in [5.74, 6) is 1.72. The van der Waals surface area contributed by atoms with Crippen LogP contribution in [0.25, 0.3) is 21.8 Å². The number of aromatic nitrogens is 2. The minimum atomic E-state index is -0.303. The molecule has 9 heteroatoms. The molecule has 0 aliphatic heterocycles. The van der Waals surface area contributed by atoms with Crippen LogP contribution in [0.5, 0.6) is 17.2 Å². The van der Waals surface area contributed by atoms with Crippen LogP contribution >= 0.6 is 22.7 Å². The second-order valence-electron chi connectivity index (χ2n) is 6.71. The van der Waals surface area contributed by atoms with Crippen molar-refractivity contribution in [2.45, 2.75) is 6.92 Å². The van der Waals surface area contributed by atoms with Crippen LogP contribution in [0.4, 0.5) is 5.13 Å². The van der Waals surface area contributed by atoms with Crippen LogP contribution in [0.15, 0.2) is 47.8 Å². The molecule has 4 aromatic rings. The summed E-state index contributed by atoms with van der Waals surface area (Å²) in [5.41, 5.74) is 2.97. The molecule has 2 aromatic heterocycles. The number of anilines is 1. The second kappa shape index (κ2) is 9.37. The largest absolute Gasteiger partial charge is 0.497 e. The van der Waals surface area contributed by atoms with Gasteiger partial charge in [0.25, 0.3) is 5.91 Å². The van der Waals surface area contributed by atoms with Crippen LogP contribution < -0.4 is 19.5 Å². The van der Waals surface area contributed by atoms with Crippen LogP contribution in [0.2, 0.25) is 0 Å². The Balaban J connectivity index is 1.51. The van der Waals surface area contributed by atoms with Gasteiger partial charge in [0.2, 0.25) is 0 Å². The fourth-order valence-electron chi connectivity index (χ4n) is 3.11. The van der Waals surface area contributed by atoms with Crippen LogP contribution in [0.3, 0.4) is 0 Å². The van der Waals surface area contributed by atoms with Crippen molar-refractivity contribution in [2.75, 3.05) is 26.6 Å². The van der Waals surface area contributed by atoms with Gasteiger partial charge in [-0.25, -0.2) is 9.97 Å². The van der Waals surface area contributed by atoms with Gasteiger partial charge >= 0.3 is 0 Å². The molecule has 32 heavy (non-hydrogen) atoms. The number of rotatable bonds is 7. The first-order valence-electron chi connectivity index (χ1n) is 9.63. The molecule has 0 aliphatic carbocycles. The lowest BCUT2D eigenvalue weighted by Crippen LogP contribution is -2.12. The molecule has 0 fully saturated rings. The third-order valence-corrected chi connectivity index (χ3v) is 6.53. The van der Waals surface area contributed by atoms with Gasteiger partial charge in [-0.3, -0.25) is 10.1 Å². The Morgan fingerprint density at radius 3 is 2.31 bits per heavy atom. The highest BCUT2D eigenvalue weighted by Gasteiger charge is 2.17. The third kappa shape index (κ3) is 4.44. The topological polar surface area (TPSA) is 82.6 Å². The fraction of sp³-hybridized carbons (Fsp3) is 0.174. The van der Waals surface area contributed by atoms with Crippen LogP contribution in [0, 0.1) is 6.92 Å². The molecule has 0 saturated carbocycles. The highest BCUT2D eigenvalue weighted by molar-refractivity contribution is 7.16. The standard InChI is InChI=1S/C23H21N3O4S2/c1-13-20(14-5-8-16(28-2)9-6-14)25-23(32-13)26-21(27)17-12-31-22(24-17)15-7-10-18(29-3)19(11-15)30-4/h5-12H,1-4H3,(H,25,26,27). The molecule has 0 atom stereocenters. The number of thiazole rings is 2. The van der Waals surface area contributed by atoms with Gasteiger partial charge < -0.3 is 14.2 Å². The van der Waals surface area contributed by atoms with Gasteiger partial charge in [0.15, 0.2) is 16.6 Å². The van der Waals surface area contributed by atoms with Gasteiger partial charge in [-0.15, -0.1) is 22.7 Å². The molecule has 0 radical (unpaired) electrons. The van der Waals surface area contributed by atoms with Crippen LogP contribution in [0.1, 0.15) is 15.4 Å². The molecule has 0 aliphatic rings. The van der Waals surface area contributed by atoms with Crippen molar-refractivity contribution in [1.82, 2.24) is 9.97 Å². The van der Waals surface area contributed by atoms with E-state index in [0.29, 0.717) is 27.3 Å². The maximum atomic E-state index is 12.8. The summed E-state index contributed by atoms with van der Waals surface area (Å²) < 4.78 is 15.8. The van der Waals surface area contributed by atoms with Gasteiger partial charge in [0.1, 0.15) is 16.5 Å². The molecule has 0 unspecified atom stereocenters. The minimum Gasteiger partial charge on any atom is -0.497 e. The molecular formula is C23H21N3O4S2. The van der Waals surface area contributed by atoms with Crippen molar-refractivity contribution < 1.29 is 19.0 Å². The number of carbonyl (C=O) groups is 1. The SMILES string of the molecule is COc1ccc(-c2nc(NC(=O)c3csc(-c4ccc(OC)c(OC)c4)n3)sc2C)cc1. The lowest BCUT2D eigenvalue weighted by Gasteiger charge is -2.08. The van der Waals surface area contributed by atoms with Gasteiger partial charge in [0.05, 0.1) is 27.0 Å². The molecule has 164 valence electrons. The summed E-state index contributed by atoms with van der Waals surface area (Å²) in [6.07, 6.45) is 0. The van der Waals surface area contributed by atoms with Crippen molar-refractivity contribution >= 4 is 33.7 Å². The summed E-state index contributed by atoms with van der Waals surface area (Å²) in [7, 11) is 4.80. The minimum absolute atomic E-state index is 0.303. The summed E-state index contributed by atoms with van der Waals surface area (Å²) in [6, 6.07) is 13.2. The average molecular weight is 468 g/mol. The molecule has 1 amide bonds. The van der Waals surface area contributed by atoms with Gasteiger partial charge in [0, 0.05) is 21.4 Å². The molecule has 2 aromatic carbocycles. The molecule has 0 bridgehead atoms. The fourth-order valence-corrected chi connectivity index (χ4v) is 4.74. The zero-order valence-electron chi connectivity index (χ0n) is 18.0. The van der Waals surface area contributed by atoms with E-state index in [9.17, 15) is 4.79 Å². The first-order valence-corrected chi connectivity index (χ1v) is 11.3. The summed E-state index contributed by atoms with van der Waals surface area (Å²) in [4.78, 5) is 22.9. The molecule has 0 saturated heterocycles. The zero-order chi connectivity index (χ0) is 22.7. The number of ether oxygens (including phenoxy) is 3. The monoisotopic (exact) mass is 467 g/mol. The number of aryl methyl sites for hydroxylation is 1. The predicted octanol–water partition coefficient (Wildman–Crippen LogP) is 5.52. The Hall–Kier alpha value is -3.43. The van der Waals surface area contributed by atoms with E-state index in [2.05, 4.69) is 15.3 Å². The Morgan fingerprint density at radius 2 is 1.62 bits per heavy atom. The number of hydrogen-bond donors (Lipinski definition) is 1. The number of hydrogen-bond acceptors (Lipinski definition) is 8. The molecule has 4 rings (SSSR count). The quantitative estimate of drug-likeness (QED) is 0.385. The first-order chi connectivity index (χ1) is 15.5. The van der Waals surface area contributed by atoms with E-state index in [4.69, 9.17) is 14.2 Å². The number of amides is 1. The number of carbonyl (C=O) groups excluding carboxylic acids is 1. The van der Waals surface area contributed by atoms with E-state index in [0.717, 1.165) is 27.4 Å². The van der Waals surface area contributed by atoms with Crippen molar-refractivity contribution in [2.24, 2.45) is 0 Å². The smallest absolute Gasteiger partial charge is 0.276 e. The summed E-state index contributed by atoms with van der Waals surface area (Å²) >= 11 is 2.81. The van der Waals surface area contributed by atoms with Gasteiger partial charge in [-0.1, -0.05) is 0 Å². The molecule has 1 N–H and O–H groups in total. The number of nitrogens with one attached hydrogen (secondary N) is 1. The lowest BCUT2D eigenvalue weighted by atomic mass is 10.1. The Morgan fingerprint density at radius 1 is 0.906 bits per heavy atom. The van der Waals surface area contributed by atoms with E-state index in [-0.39, 0.29) is 5.91 Å². The zero-order valence-corrected chi connectivity index (χ0v) is 19.6.